The summed E-state index contributed by atoms with van der Waals surface area (Å²) in [4.78, 5) is 0. The predicted molar refractivity (Wildman–Crippen MR) is 54.3 cm³/mol. The summed E-state index contributed by atoms with van der Waals surface area (Å²) in [5, 5.41) is 0. The van der Waals surface area contributed by atoms with Crippen molar-refractivity contribution in [2.45, 2.75) is 32.6 Å². The zero-order chi connectivity index (χ0) is 9.26. The SMILES string of the molecule is CCC1CCOc2cccc(C)c21. The van der Waals surface area contributed by atoms with E-state index in [0.717, 1.165) is 12.4 Å². The third-order valence-electron chi connectivity index (χ3n) is 2.91. The first kappa shape index (κ1) is 8.61. The molecule has 0 fully saturated rings. The lowest BCUT2D eigenvalue weighted by Gasteiger charge is -2.26. The van der Waals surface area contributed by atoms with Gasteiger partial charge in [-0.25, -0.2) is 0 Å². The van der Waals surface area contributed by atoms with E-state index < -0.39 is 0 Å². The maximum atomic E-state index is 5.64. The van der Waals surface area contributed by atoms with Crippen molar-refractivity contribution in [3.8, 4) is 5.75 Å². The first-order chi connectivity index (χ1) is 6.33. The van der Waals surface area contributed by atoms with E-state index in [4.69, 9.17) is 4.74 Å². The summed E-state index contributed by atoms with van der Waals surface area (Å²) in [5.74, 6) is 1.82. The van der Waals surface area contributed by atoms with E-state index in [9.17, 15) is 0 Å². The molecule has 1 aliphatic rings. The van der Waals surface area contributed by atoms with Crippen molar-refractivity contribution in [2.75, 3.05) is 6.61 Å². The summed E-state index contributed by atoms with van der Waals surface area (Å²) < 4.78 is 5.64. The Bertz CT molecular complexity index is 304. The van der Waals surface area contributed by atoms with Crippen LogP contribution in [0.25, 0.3) is 0 Å². The highest BCUT2D eigenvalue weighted by molar-refractivity contribution is 5.43. The highest BCUT2D eigenvalue weighted by atomic mass is 16.5. The highest BCUT2D eigenvalue weighted by Gasteiger charge is 2.20. The Labute approximate surface area is 79.7 Å². The Morgan fingerprint density at radius 3 is 3.08 bits per heavy atom. The molecule has 0 radical (unpaired) electrons. The van der Waals surface area contributed by atoms with Crippen molar-refractivity contribution in [3.63, 3.8) is 0 Å². The van der Waals surface area contributed by atoms with Crippen molar-refractivity contribution in [3.05, 3.63) is 29.3 Å². The van der Waals surface area contributed by atoms with E-state index in [1.165, 1.54) is 24.0 Å². The van der Waals surface area contributed by atoms with Gasteiger partial charge in [-0.3, -0.25) is 0 Å². The second-order valence-corrected chi connectivity index (χ2v) is 3.73. The molecule has 0 N–H and O–H groups in total. The van der Waals surface area contributed by atoms with Gasteiger partial charge in [0.15, 0.2) is 0 Å². The third-order valence-corrected chi connectivity index (χ3v) is 2.91. The maximum Gasteiger partial charge on any atom is 0.123 e. The van der Waals surface area contributed by atoms with Gasteiger partial charge in [-0.15, -0.1) is 0 Å². The molecule has 0 amide bonds. The van der Waals surface area contributed by atoms with Crippen molar-refractivity contribution < 1.29 is 4.74 Å². The van der Waals surface area contributed by atoms with Crippen LogP contribution in [0.3, 0.4) is 0 Å². The standard InChI is InChI=1S/C12H16O/c1-3-10-7-8-13-11-6-4-5-9(2)12(10)11/h4-6,10H,3,7-8H2,1-2H3. The molecule has 0 aliphatic carbocycles. The van der Waals surface area contributed by atoms with Gasteiger partial charge in [0.25, 0.3) is 0 Å². The zero-order valence-electron chi connectivity index (χ0n) is 8.34. The molecule has 1 nitrogen and oxygen atoms in total. The number of hydrogen-bond donors (Lipinski definition) is 0. The molecule has 0 spiro atoms. The molecule has 1 aliphatic heterocycles. The minimum Gasteiger partial charge on any atom is -0.493 e. The summed E-state index contributed by atoms with van der Waals surface area (Å²) in [6.45, 7) is 5.32. The van der Waals surface area contributed by atoms with Gasteiger partial charge in [0.05, 0.1) is 6.61 Å². The van der Waals surface area contributed by atoms with Crippen molar-refractivity contribution in [1.29, 1.82) is 0 Å². The highest BCUT2D eigenvalue weighted by Crippen LogP contribution is 2.37. The fraction of sp³-hybridized carbons (Fsp3) is 0.500. The molecule has 0 saturated carbocycles. The Hall–Kier alpha value is -0.980. The molecule has 0 bridgehead atoms. The molecule has 2 rings (SSSR count). The Morgan fingerprint density at radius 1 is 1.46 bits per heavy atom. The monoisotopic (exact) mass is 176 g/mol. The second-order valence-electron chi connectivity index (χ2n) is 3.73. The van der Waals surface area contributed by atoms with Crippen LogP contribution in [0.1, 0.15) is 36.8 Å². The van der Waals surface area contributed by atoms with Gasteiger partial charge in [0.2, 0.25) is 0 Å². The molecule has 1 atom stereocenters. The third kappa shape index (κ3) is 1.43. The topological polar surface area (TPSA) is 9.23 Å². The quantitative estimate of drug-likeness (QED) is 0.638. The van der Waals surface area contributed by atoms with E-state index in [-0.39, 0.29) is 0 Å². The Balaban J connectivity index is 2.47. The molecule has 0 saturated heterocycles. The lowest BCUT2D eigenvalue weighted by molar-refractivity contribution is 0.264. The molecule has 1 unspecified atom stereocenters. The molecule has 1 aromatic carbocycles. The van der Waals surface area contributed by atoms with Crippen LogP contribution in [-0.2, 0) is 0 Å². The number of rotatable bonds is 1. The van der Waals surface area contributed by atoms with Crippen molar-refractivity contribution >= 4 is 0 Å². The molecule has 13 heavy (non-hydrogen) atoms. The van der Waals surface area contributed by atoms with Crippen LogP contribution >= 0.6 is 0 Å². The molecule has 0 aromatic heterocycles. The molecular formula is C12H16O. The molecular weight excluding hydrogens is 160 g/mol. The predicted octanol–water partition coefficient (Wildman–Crippen LogP) is 3.27. The lowest BCUT2D eigenvalue weighted by atomic mass is 9.88. The first-order valence-electron chi connectivity index (χ1n) is 5.05. The Kier molecular flexibility index (Phi) is 2.26. The van der Waals surface area contributed by atoms with Crippen LogP contribution in [0.4, 0.5) is 0 Å². The maximum absolute atomic E-state index is 5.64. The fourth-order valence-corrected chi connectivity index (χ4v) is 2.17. The molecule has 1 heterocycles. The van der Waals surface area contributed by atoms with Gasteiger partial charge in [-0.2, -0.15) is 0 Å². The lowest BCUT2D eigenvalue weighted by Crippen LogP contribution is -2.14. The largest absolute Gasteiger partial charge is 0.493 e. The van der Waals surface area contributed by atoms with Crippen molar-refractivity contribution in [2.24, 2.45) is 0 Å². The van der Waals surface area contributed by atoms with Crippen LogP contribution in [0.2, 0.25) is 0 Å². The van der Waals surface area contributed by atoms with Gasteiger partial charge >= 0.3 is 0 Å². The number of benzene rings is 1. The number of fused-ring (bicyclic) bond motifs is 1. The molecule has 70 valence electrons. The minimum atomic E-state index is 0.713. The van der Waals surface area contributed by atoms with Gasteiger partial charge < -0.3 is 4.74 Å². The summed E-state index contributed by atoms with van der Waals surface area (Å²) >= 11 is 0. The van der Waals surface area contributed by atoms with Gasteiger partial charge in [-0.05, 0) is 37.3 Å². The van der Waals surface area contributed by atoms with E-state index in [2.05, 4.69) is 32.0 Å². The average molecular weight is 176 g/mol. The summed E-state index contributed by atoms with van der Waals surface area (Å²) in [6.07, 6.45) is 2.40. The number of ether oxygens (including phenoxy) is 1. The Morgan fingerprint density at radius 2 is 2.31 bits per heavy atom. The van der Waals surface area contributed by atoms with E-state index in [0.29, 0.717) is 5.92 Å². The number of hydrogen-bond acceptors (Lipinski definition) is 1. The number of aryl methyl sites for hydroxylation is 1. The van der Waals surface area contributed by atoms with Crippen LogP contribution < -0.4 is 4.74 Å². The van der Waals surface area contributed by atoms with E-state index in [1.54, 1.807) is 0 Å². The first-order valence-corrected chi connectivity index (χ1v) is 5.05. The molecule has 1 heteroatoms. The van der Waals surface area contributed by atoms with Crippen LogP contribution in [0.5, 0.6) is 5.75 Å². The van der Waals surface area contributed by atoms with Crippen LogP contribution in [0, 0.1) is 6.92 Å². The van der Waals surface area contributed by atoms with Gasteiger partial charge in [0.1, 0.15) is 5.75 Å². The van der Waals surface area contributed by atoms with Gasteiger partial charge in [-0.1, -0.05) is 19.1 Å². The van der Waals surface area contributed by atoms with Crippen LogP contribution in [-0.4, -0.2) is 6.61 Å². The van der Waals surface area contributed by atoms with Crippen LogP contribution in [0.15, 0.2) is 18.2 Å². The second kappa shape index (κ2) is 3.41. The minimum absolute atomic E-state index is 0.713. The smallest absolute Gasteiger partial charge is 0.123 e. The summed E-state index contributed by atoms with van der Waals surface area (Å²) in [7, 11) is 0. The van der Waals surface area contributed by atoms with Crippen molar-refractivity contribution in [1.82, 2.24) is 0 Å². The van der Waals surface area contributed by atoms with E-state index in [1.807, 2.05) is 0 Å². The summed E-state index contributed by atoms with van der Waals surface area (Å²) in [5.41, 5.74) is 2.82. The van der Waals surface area contributed by atoms with Gasteiger partial charge in [0, 0.05) is 5.56 Å². The summed E-state index contributed by atoms with van der Waals surface area (Å²) in [6, 6.07) is 6.34. The molecule has 1 aromatic rings. The zero-order valence-corrected chi connectivity index (χ0v) is 8.34. The fourth-order valence-electron chi connectivity index (χ4n) is 2.17. The normalized spacial score (nSPS) is 20.6. The van der Waals surface area contributed by atoms with E-state index >= 15 is 0 Å². The average Bonchev–Trinajstić information content (AvgIpc) is 2.17.